The molecule has 9 heteroatoms. The van der Waals surface area contributed by atoms with Crippen molar-refractivity contribution in [2.24, 2.45) is 4.99 Å². The molecule has 1 rings (SSSR count). The number of hydrogen-bond acceptors (Lipinski definition) is 6. The van der Waals surface area contributed by atoms with Crippen LogP contribution in [0.3, 0.4) is 0 Å². The summed E-state index contributed by atoms with van der Waals surface area (Å²) >= 11 is 0. The second-order valence-corrected chi connectivity index (χ2v) is 9.01. The van der Waals surface area contributed by atoms with Crippen LogP contribution >= 0.6 is 0 Å². The van der Waals surface area contributed by atoms with Gasteiger partial charge in [0.25, 0.3) is 5.91 Å². The lowest BCUT2D eigenvalue weighted by Crippen LogP contribution is -2.39. The topological polar surface area (TPSA) is 111 Å². The van der Waals surface area contributed by atoms with Gasteiger partial charge in [-0.2, -0.15) is 0 Å². The molecule has 0 aromatic carbocycles. The third kappa shape index (κ3) is 14.9. The Labute approximate surface area is 229 Å². The number of pyridine rings is 1. The number of nitrogens with zero attached hydrogens (tertiary/aromatic N) is 3. The maximum Gasteiger partial charge on any atom is 0.254 e. The van der Waals surface area contributed by atoms with Crippen molar-refractivity contribution in [3.05, 3.63) is 65.8 Å². The molecule has 0 saturated carbocycles. The summed E-state index contributed by atoms with van der Waals surface area (Å²) in [4.78, 5) is 35.7. The van der Waals surface area contributed by atoms with Gasteiger partial charge in [0.15, 0.2) is 0 Å². The summed E-state index contributed by atoms with van der Waals surface area (Å²) in [7, 11) is 3.96. The number of allylic oxidation sites excluding steroid dienone is 2. The average molecular weight is 526 g/mol. The number of nitrogens with one attached hydrogen (secondary N) is 4. The van der Waals surface area contributed by atoms with E-state index < -0.39 is 0 Å². The van der Waals surface area contributed by atoms with Crippen molar-refractivity contribution in [3.63, 3.8) is 0 Å². The summed E-state index contributed by atoms with van der Waals surface area (Å²) in [6.07, 6.45) is 14.8. The fourth-order valence-electron chi connectivity index (χ4n) is 3.34. The molecule has 0 fully saturated rings. The van der Waals surface area contributed by atoms with Gasteiger partial charge in [-0.1, -0.05) is 32.1 Å². The minimum absolute atomic E-state index is 0.0228. The first-order chi connectivity index (χ1) is 18.4. The van der Waals surface area contributed by atoms with Crippen molar-refractivity contribution in [2.75, 3.05) is 46.8 Å². The fraction of sp³-hybridized carbons (Fsp3) is 0.517. The van der Waals surface area contributed by atoms with E-state index in [9.17, 15) is 9.59 Å². The van der Waals surface area contributed by atoms with Gasteiger partial charge >= 0.3 is 0 Å². The quantitative estimate of drug-likeness (QED) is 0.0771. The van der Waals surface area contributed by atoms with E-state index in [0.717, 1.165) is 38.2 Å². The second kappa shape index (κ2) is 20.6. The van der Waals surface area contributed by atoms with Crippen LogP contribution < -0.4 is 21.3 Å². The number of aliphatic imine (C=N–C) groups is 1. The van der Waals surface area contributed by atoms with Crippen LogP contribution in [0.15, 0.2) is 65.2 Å². The van der Waals surface area contributed by atoms with Gasteiger partial charge in [0.2, 0.25) is 5.91 Å². The SMILES string of the molecule is C/C=C(/C(=O)NCCCNC(=O)C/C=C/CN(C)C)C(=NCCC)N/C(=C\CC)NCCc1ccncc1. The summed E-state index contributed by atoms with van der Waals surface area (Å²) in [6, 6.07) is 4.01. The van der Waals surface area contributed by atoms with Gasteiger partial charge in [0.05, 0.1) is 5.57 Å². The van der Waals surface area contributed by atoms with Crippen LogP contribution in [0.2, 0.25) is 0 Å². The van der Waals surface area contributed by atoms with E-state index in [1.165, 1.54) is 5.56 Å². The highest BCUT2D eigenvalue weighted by Gasteiger charge is 2.16. The normalized spacial score (nSPS) is 12.6. The van der Waals surface area contributed by atoms with Crippen molar-refractivity contribution < 1.29 is 9.59 Å². The molecule has 0 saturated heterocycles. The van der Waals surface area contributed by atoms with Crippen LogP contribution in [-0.4, -0.2) is 74.4 Å². The molecule has 0 radical (unpaired) electrons. The lowest BCUT2D eigenvalue weighted by Gasteiger charge is -2.18. The number of rotatable bonds is 18. The maximum absolute atomic E-state index is 13.0. The Hall–Kier alpha value is -3.46. The van der Waals surface area contributed by atoms with Crippen LogP contribution in [0.1, 0.15) is 52.0 Å². The van der Waals surface area contributed by atoms with E-state index in [-0.39, 0.29) is 11.8 Å². The first kappa shape index (κ1) is 32.6. The zero-order valence-electron chi connectivity index (χ0n) is 23.8. The van der Waals surface area contributed by atoms with Crippen LogP contribution in [0.4, 0.5) is 0 Å². The largest absolute Gasteiger partial charge is 0.372 e. The van der Waals surface area contributed by atoms with E-state index >= 15 is 0 Å². The minimum Gasteiger partial charge on any atom is -0.372 e. The predicted octanol–water partition coefficient (Wildman–Crippen LogP) is 2.94. The molecule has 0 aliphatic heterocycles. The molecule has 0 atom stereocenters. The zero-order valence-corrected chi connectivity index (χ0v) is 23.8. The molecule has 0 aliphatic rings. The van der Waals surface area contributed by atoms with Gasteiger partial charge in [-0.3, -0.25) is 19.6 Å². The summed E-state index contributed by atoms with van der Waals surface area (Å²) in [5, 5.41) is 12.6. The number of hydrogen-bond donors (Lipinski definition) is 4. The zero-order chi connectivity index (χ0) is 28.0. The maximum atomic E-state index is 13.0. The summed E-state index contributed by atoms with van der Waals surface area (Å²) in [6.45, 7) is 9.07. The number of carbonyl (C=O) groups excluding carboxylic acids is 2. The van der Waals surface area contributed by atoms with Crippen LogP contribution in [0, 0.1) is 0 Å². The Kier molecular flexibility index (Phi) is 17.6. The monoisotopic (exact) mass is 525 g/mol. The molecule has 210 valence electrons. The molecule has 1 heterocycles. The Bertz CT molecular complexity index is 938. The van der Waals surface area contributed by atoms with E-state index in [1.807, 2.05) is 50.2 Å². The number of carbonyl (C=O) groups is 2. The lowest BCUT2D eigenvalue weighted by atomic mass is 10.2. The number of aromatic nitrogens is 1. The molecule has 1 aromatic heterocycles. The number of amides is 2. The van der Waals surface area contributed by atoms with Crippen molar-refractivity contribution in [1.29, 1.82) is 0 Å². The Balaban J connectivity index is 2.60. The molecular weight excluding hydrogens is 478 g/mol. The highest BCUT2D eigenvalue weighted by atomic mass is 16.2. The van der Waals surface area contributed by atoms with E-state index in [1.54, 1.807) is 18.5 Å². The highest BCUT2D eigenvalue weighted by molar-refractivity contribution is 6.21. The lowest BCUT2D eigenvalue weighted by molar-refractivity contribution is -0.120. The highest BCUT2D eigenvalue weighted by Crippen LogP contribution is 2.03. The molecule has 0 unspecified atom stereocenters. The first-order valence-electron chi connectivity index (χ1n) is 13.6. The molecule has 0 spiro atoms. The van der Waals surface area contributed by atoms with Crippen molar-refractivity contribution in [3.8, 4) is 0 Å². The van der Waals surface area contributed by atoms with Gasteiger partial charge < -0.3 is 26.2 Å². The van der Waals surface area contributed by atoms with Gasteiger partial charge in [-0.25, -0.2) is 0 Å². The Morgan fingerprint density at radius 1 is 1.03 bits per heavy atom. The molecule has 0 bridgehead atoms. The van der Waals surface area contributed by atoms with Crippen LogP contribution in [0.5, 0.6) is 0 Å². The number of likely N-dealkylation sites (N-methyl/N-ethyl adjacent to an activating group) is 1. The van der Waals surface area contributed by atoms with Gasteiger partial charge in [-0.15, -0.1) is 0 Å². The Morgan fingerprint density at radius 3 is 2.42 bits per heavy atom. The molecule has 38 heavy (non-hydrogen) atoms. The summed E-state index contributed by atoms with van der Waals surface area (Å²) in [5.41, 5.74) is 1.69. The van der Waals surface area contributed by atoms with Gasteiger partial charge in [-0.05, 0) is 70.5 Å². The Morgan fingerprint density at radius 2 is 1.76 bits per heavy atom. The third-order valence-electron chi connectivity index (χ3n) is 5.32. The van der Waals surface area contributed by atoms with Crippen LogP contribution in [0.25, 0.3) is 0 Å². The average Bonchev–Trinajstić information content (AvgIpc) is 2.90. The second-order valence-electron chi connectivity index (χ2n) is 9.01. The van der Waals surface area contributed by atoms with Gasteiger partial charge in [0, 0.05) is 51.5 Å². The van der Waals surface area contributed by atoms with E-state index in [2.05, 4.69) is 51.2 Å². The van der Waals surface area contributed by atoms with Crippen molar-refractivity contribution in [2.45, 2.75) is 52.9 Å². The molecule has 0 aliphatic carbocycles. The first-order valence-corrected chi connectivity index (χ1v) is 13.6. The third-order valence-corrected chi connectivity index (χ3v) is 5.32. The van der Waals surface area contributed by atoms with Crippen LogP contribution in [-0.2, 0) is 16.0 Å². The summed E-state index contributed by atoms with van der Waals surface area (Å²) in [5.74, 6) is 1.15. The fourth-order valence-corrected chi connectivity index (χ4v) is 3.34. The van der Waals surface area contributed by atoms with Gasteiger partial charge in [0.1, 0.15) is 11.7 Å². The molecule has 4 N–H and O–H groups in total. The molecular formula is C29H47N7O2. The van der Waals surface area contributed by atoms with E-state index in [0.29, 0.717) is 43.9 Å². The minimum atomic E-state index is -0.194. The summed E-state index contributed by atoms with van der Waals surface area (Å²) < 4.78 is 0. The van der Waals surface area contributed by atoms with Crippen molar-refractivity contribution >= 4 is 17.6 Å². The molecule has 9 nitrogen and oxygen atoms in total. The standard InChI is InChI=1S/C29H47N7O2/c1-6-12-26(31-22-16-24-14-20-30-21-15-24)35-28(33-17-7-2)25(8-3)29(38)34-19-11-18-32-27(37)13-9-10-23-36(4)5/h8-10,12,14-15,20-21,31H,6-7,11,13,16-19,22-23H2,1-5H3,(H,32,37)(H,33,35)(H,34,38)/b10-9+,25-8+,26-12-. The predicted molar refractivity (Wildman–Crippen MR) is 157 cm³/mol. The smallest absolute Gasteiger partial charge is 0.254 e. The molecule has 2 amide bonds. The number of amidine groups is 1. The van der Waals surface area contributed by atoms with Crippen molar-refractivity contribution in [1.82, 2.24) is 31.2 Å². The van der Waals surface area contributed by atoms with E-state index in [4.69, 9.17) is 0 Å². The molecule has 1 aromatic rings.